The summed E-state index contributed by atoms with van der Waals surface area (Å²) in [4.78, 5) is 4.07. The minimum Gasteiger partial charge on any atom is -0.320 e. The number of pyridine rings is 1. The highest BCUT2D eigenvalue weighted by Crippen LogP contribution is 2.17. The van der Waals surface area contributed by atoms with E-state index in [-0.39, 0.29) is 6.04 Å². The third-order valence-electron chi connectivity index (χ3n) is 2.51. The molecule has 2 N–H and O–H groups in total. The molecule has 0 saturated heterocycles. The molecule has 0 aromatic carbocycles. The van der Waals surface area contributed by atoms with Crippen LogP contribution in [0.1, 0.15) is 30.5 Å². The van der Waals surface area contributed by atoms with Gasteiger partial charge in [0.1, 0.15) is 0 Å². The van der Waals surface area contributed by atoms with Crippen LogP contribution in [0.4, 0.5) is 0 Å². The summed E-state index contributed by atoms with van der Waals surface area (Å²) >= 11 is 0. The molecule has 0 aliphatic rings. The van der Waals surface area contributed by atoms with Crippen molar-refractivity contribution in [1.29, 1.82) is 0 Å². The van der Waals surface area contributed by atoms with Gasteiger partial charge < -0.3 is 5.73 Å². The molecule has 1 unspecified atom stereocenters. The Bertz CT molecular complexity index is 435. The van der Waals surface area contributed by atoms with Crippen LogP contribution < -0.4 is 5.73 Å². The van der Waals surface area contributed by atoms with Crippen LogP contribution in [0.15, 0.2) is 36.9 Å². The molecule has 2 aromatic heterocycles. The molecule has 4 nitrogen and oxygen atoms in total. The first kappa shape index (κ1) is 10.8. The fraction of sp³-hybridized carbons (Fsp3) is 0.333. The van der Waals surface area contributed by atoms with Crippen LogP contribution in [0, 0.1) is 0 Å². The van der Waals surface area contributed by atoms with Crippen molar-refractivity contribution in [3.05, 3.63) is 48.0 Å². The second kappa shape index (κ2) is 4.90. The van der Waals surface area contributed by atoms with Crippen molar-refractivity contribution in [3.63, 3.8) is 0 Å². The van der Waals surface area contributed by atoms with Gasteiger partial charge in [-0.2, -0.15) is 5.10 Å². The van der Waals surface area contributed by atoms with E-state index in [0.29, 0.717) is 0 Å². The maximum Gasteiger partial charge on any atom is 0.0598 e. The molecular formula is C12H16N4. The number of nitrogens with zero attached hydrogens (tertiary/aromatic N) is 3. The molecule has 2 aromatic rings. The normalized spacial score (nSPS) is 12.6. The summed E-state index contributed by atoms with van der Waals surface area (Å²) in [6.45, 7) is 3.06. The lowest BCUT2D eigenvalue weighted by Gasteiger charge is -2.08. The van der Waals surface area contributed by atoms with Gasteiger partial charge in [0.05, 0.1) is 12.2 Å². The van der Waals surface area contributed by atoms with Crippen molar-refractivity contribution in [2.24, 2.45) is 5.73 Å². The predicted octanol–water partition coefficient (Wildman–Crippen LogP) is 1.74. The summed E-state index contributed by atoms with van der Waals surface area (Å²) in [6.07, 6.45) is 8.44. The van der Waals surface area contributed by atoms with Crippen molar-refractivity contribution in [1.82, 2.24) is 14.8 Å². The Labute approximate surface area is 95.1 Å². The van der Waals surface area contributed by atoms with Gasteiger partial charge in [0, 0.05) is 30.7 Å². The standard InChI is InChI=1S/C12H16N4/c1-2-6-16-9-11(8-15-16)12(13)10-4-3-5-14-7-10/h3-5,7-9,12H,2,6,13H2,1H3. The number of hydrogen-bond donors (Lipinski definition) is 1. The van der Waals surface area contributed by atoms with E-state index in [1.165, 1.54) is 0 Å². The van der Waals surface area contributed by atoms with E-state index in [0.717, 1.165) is 24.1 Å². The topological polar surface area (TPSA) is 56.7 Å². The number of rotatable bonds is 4. The molecule has 0 aliphatic heterocycles. The molecule has 0 aliphatic carbocycles. The fourth-order valence-corrected chi connectivity index (χ4v) is 1.64. The Balaban J connectivity index is 2.17. The third kappa shape index (κ3) is 2.28. The van der Waals surface area contributed by atoms with Crippen molar-refractivity contribution < 1.29 is 0 Å². The maximum absolute atomic E-state index is 6.13. The summed E-state index contributed by atoms with van der Waals surface area (Å²) < 4.78 is 1.92. The molecule has 16 heavy (non-hydrogen) atoms. The van der Waals surface area contributed by atoms with Gasteiger partial charge in [-0.3, -0.25) is 9.67 Å². The number of nitrogens with two attached hydrogens (primary N) is 1. The highest BCUT2D eigenvalue weighted by Gasteiger charge is 2.10. The maximum atomic E-state index is 6.13. The zero-order chi connectivity index (χ0) is 11.4. The van der Waals surface area contributed by atoms with E-state index < -0.39 is 0 Å². The Kier molecular flexibility index (Phi) is 3.31. The van der Waals surface area contributed by atoms with Crippen LogP contribution in [0.2, 0.25) is 0 Å². The quantitative estimate of drug-likeness (QED) is 0.846. The predicted molar refractivity (Wildman–Crippen MR) is 62.8 cm³/mol. The van der Waals surface area contributed by atoms with Crippen molar-refractivity contribution in [2.45, 2.75) is 25.9 Å². The summed E-state index contributed by atoms with van der Waals surface area (Å²) in [7, 11) is 0. The molecule has 2 rings (SSSR count). The molecule has 2 heterocycles. The largest absolute Gasteiger partial charge is 0.320 e. The molecule has 0 fully saturated rings. The summed E-state index contributed by atoms with van der Waals surface area (Å²) in [5.74, 6) is 0. The lowest BCUT2D eigenvalue weighted by Crippen LogP contribution is -2.11. The molecule has 1 atom stereocenters. The van der Waals surface area contributed by atoms with Crippen LogP contribution in [-0.4, -0.2) is 14.8 Å². The molecule has 0 radical (unpaired) electrons. The molecule has 0 saturated carbocycles. The monoisotopic (exact) mass is 216 g/mol. The first-order valence-electron chi connectivity index (χ1n) is 5.49. The average molecular weight is 216 g/mol. The molecule has 0 amide bonds. The first-order chi connectivity index (χ1) is 7.81. The van der Waals surface area contributed by atoms with Crippen LogP contribution >= 0.6 is 0 Å². The van der Waals surface area contributed by atoms with Gasteiger partial charge in [0.25, 0.3) is 0 Å². The van der Waals surface area contributed by atoms with Crippen LogP contribution in [0.5, 0.6) is 0 Å². The number of aromatic nitrogens is 3. The average Bonchev–Trinajstić information content (AvgIpc) is 2.78. The number of hydrogen-bond acceptors (Lipinski definition) is 3. The Morgan fingerprint density at radius 3 is 2.94 bits per heavy atom. The second-order valence-corrected chi connectivity index (χ2v) is 3.80. The summed E-state index contributed by atoms with van der Waals surface area (Å²) in [6, 6.07) is 3.74. The minimum absolute atomic E-state index is 0.140. The smallest absolute Gasteiger partial charge is 0.0598 e. The van der Waals surface area contributed by atoms with E-state index >= 15 is 0 Å². The van der Waals surface area contributed by atoms with Gasteiger partial charge in [-0.1, -0.05) is 13.0 Å². The lowest BCUT2D eigenvalue weighted by molar-refractivity contribution is 0.602. The fourth-order valence-electron chi connectivity index (χ4n) is 1.64. The Hall–Kier alpha value is -1.68. The van der Waals surface area contributed by atoms with E-state index in [1.807, 2.05) is 29.2 Å². The Morgan fingerprint density at radius 2 is 2.25 bits per heavy atom. The highest BCUT2D eigenvalue weighted by atomic mass is 15.3. The van der Waals surface area contributed by atoms with E-state index in [1.54, 1.807) is 12.4 Å². The van der Waals surface area contributed by atoms with Gasteiger partial charge in [0.15, 0.2) is 0 Å². The van der Waals surface area contributed by atoms with Crippen molar-refractivity contribution in [3.8, 4) is 0 Å². The van der Waals surface area contributed by atoms with Crippen molar-refractivity contribution >= 4 is 0 Å². The molecule has 0 spiro atoms. The zero-order valence-electron chi connectivity index (χ0n) is 9.37. The summed E-state index contributed by atoms with van der Waals surface area (Å²) in [5.41, 5.74) is 8.17. The number of aryl methyl sites for hydroxylation is 1. The molecule has 0 bridgehead atoms. The second-order valence-electron chi connectivity index (χ2n) is 3.80. The van der Waals surface area contributed by atoms with Crippen molar-refractivity contribution in [2.75, 3.05) is 0 Å². The molecule has 84 valence electrons. The third-order valence-corrected chi connectivity index (χ3v) is 2.51. The first-order valence-corrected chi connectivity index (χ1v) is 5.49. The minimum atomic E-state index is -0.140. The van der Waals surface area contributed by atoms with E-state index in [2.05, 4.69) is 17.0 Å². The van der Waals surface area contributed by atoms with Gasteiger partial charge >= 0.3 is 0 Å². The van der Waals surface area contributed by atoms with Crippen LogP contribution in [0.3, 0.4) is 0 Å². The van der Waals surface area contributed by atoms with Crippen LogP contribution in [0.25, 0.3) is 0 Å². The Morgan fingerprint density at radius 1 is 1.38 bits per heavy atom. The van der Waals surface area contributed by atoms with Gasteiger partial charge in [-0.15, -0.1) is 0 Å². The molecule has 4 heteroatoms. The van der Waals surface area contributed by atoms with Crippen LogP contribution in [-0.2, 0) is 6.54 Å². The lowest BCUT2D eigenvalue weighted by atomic mass is 10.1. The van der Waals surface area contributed by atoms with E-state index in [4.69, 9.17) is 5.73 Å². The van der Waals surface area contributed by atoms with E-state index in [9.17, 15) is 0 Å². The van der Waals surface area contributed by atoms with Gasteiger partial charge in [0.2, 0.25) is 0 Å². The zero-order valence-corrected chi connectivity index (χ0v) is 9.37. The summed E-state index contributed by atoms with van der Waals surface area (Å²) in [5, 5.41) is 4.27. The molecular weight excluding hydrogens is 200 g/mol. The van der Waals surface area contributed by atoms with Gasteiger partial charge in [-0.05, 0) is 18.1 Å². The highest BCUT2D eigenvalue weighted by molar-refractivity contribution is 5.25. The SMILES string of the molecule is CCCn1cc(C(N)c2cccnc2)cn1. The van der Waals surface area contributed by atoms with Gasteiger partial charge in [-0.25, -0.2) is 0 Å².